The average Bonchev–Trinajstić information content (AvgIpc) is 2.46. The Kier molecular flexibility index (Phi) is 9.02. The van der Waals surface area contributed by atoms with E-state index in [1.54, 1.807) is 6.20 Å². The highest BCUT2D eigenvalue weighted by atomic mass is 16.5. The third kappa shape index (κ3) is 7.44. The van der Waals surface area contributed by atoms with E-state index in [1.807, 2.05) is 26.1 Å². The van der Waals surface area contributed by atoms with Crippen LogP contribution in [0.3, 0.4) is 0 Å². The summed E-state index contributed by atoms with van der Waals surface area (Å²) in [5.74, 6) is 6.51. The van der Waals surface area contributed by atoms with E-state index >= 15 is 0 Å². The van der Waals surface area contributed by atoms with Gasteiger partial charge in [-0.05, 0) is 31.9 Å². The Hall–Kier alpha value is -1.13. The van der Waals surface area contributed by atoms with Crippen LogP contribution in [-0.4, -0.2) is 11.1 Å². The molecule has 0 amide bonds. The lowest BCUT2D eigenvalue weighted by Gasteiger charge is -2.17. The molecular weight excluding hydrogens is 262 g/mol. The van der Waals surface area contributed by atoms with Gasteiger partial charge in [0.15, 0.2) is 0 Å². The van der Waals surface area contributed by atoms with E-state index in [4.69, 9.17) is 10.6 Å². The minimum absolute atomic E-state index is 0.152. The Morgan fingerprint density at radius 2 is 1.86 bits per heavy atom. The van der Waals surface area contributed by atoms with Crippen molar-refractivity contribution < 1.29 is 4.74 Å². The number of hydrogen-bond donors (Lipinski definition) is 2. The SMILES string of the molecule is CCCCCCCCC(NN)c1cncc(OC(C)C)c1. The topological polar surface area (TPSA) is 60.2 Å². The Balaban J connectivity index is 2.44. The monoisotopic (exact) mass is 293 g/mol. The first-order chi connectivity index (χ1) is 10.2. The summed E-state index contributed by atoms with van der Waals surface area (Å²) in [7, 11) is 0. The maximum atomic E-state index is 5.70. The van der Waals surface area contributed by atoms with Crippen molar-refractivity contribution in [1.82, 2.24) is 10.4 Å². The van der Waals surface area contributed by atoms with Crippen molar-refractivity contribution in [3.63, 3.8) is 0 Å². The van der Waals surface area contributed by atoms with Crippen LogP contribution in [0.5, 0.6) is 5.75 Å². The van der Waals surface area contributed by atoms with Gasteiger partial charge in [0.2, 0.25) is 0 Å². The molecule has 0 radical (unpaired) electrons. The second kappa shape index (κ2) is 10.6. The first kappa shape index (κ1) is 17.9. The first-order valence-electron chi connectivity index (χ1n) is 8.25. The van der Waals surface area contributed by atoms with Crippen LogP contribution < -0.4 is 16.0 Å². The summed E-state index contributed by atoms with van der Waals surface area (Å²) in [6.45, 7) is 6.27. The fourth-order valence-electron chi connectivity index (χ4n) is 2.44. The van der Waals surface area contributed by atoms with Gasteiger partial charge in [0.25, 0.3) is 0 Å². The molecule has 0 aliphatic heterocycles. The summed E-state index contributed by atoms with van der Waals surface area (Å²) < 4.78 is 5.69. The molecule has 0 aromatic carbocycles. The van der Waals surface area contributed by atoms with E-state index in [1.165, 1.54) is 38.5 Å². The molecule has 4 nitrogen and oxygen atoms in total. The summed E-state index contributed by atoms with van der Waals surface area (Å²) in [6.07, 6.45) is 12.6. The van der Waals surface area contributed by atoms with Crippen molar-refractivity contribution in [2.24, 2.45) is 5.84 Å². The van der Waals surface area contributed by atoms with Gasteiger partial charge in [-0.2, -0.15) is 0 Å². The van der Waals surface area contributed by atoms with Gasteiger partial charge in [0, 0.05) is 12.2 Å². The van der Waals surface area contributed by atoms with E-state index in [0.717, 1.165) is 17.7 Å². The molecule has 1 unspecified atom stereocenters. The standard InChI is InChI=1S/C17H31N3O/c1-4-5-6-7-8-9-10-17(20-18)15-11-16(13-19-12-15)21-14(2)3/h11-14,17,20H,4-10,18H2,1-3H3. The fraction of sp³-hybridized carbons (Fsp3) is 0.706. The van der Waals surface area contributed by atoms with Gasteiger partial charge >= 0.3 is 0 Å². The Morgan fingerprint density at radius 1 is 1.14 bits per heavy atom. The van der Waals surface area contributed by atoms with Crippen molar-refractivity contribution in [2.75, 3.05) is 0 Å². The highest BCUT2D eigenvalue weighted by molar-refractivity contribution is 5.26. The lowest BCUT2D eigenvalue weighted by Crippen LogP contribution is -2.28. The largest absolute Gasteiger partial charge is 0.489 e. The van der Waals surface area contributed by atoms with Gasteiger partial charge in [-0.15, -0.1) is 0 Å². The highest BCUT2D eigenvalue weighted by Crippen LogP contribution is 2.23. The molecule has 4 heteroatoms. The minimum atomic E-state index is 0.152. The van der Waals surface area contributed by atoms with E-state index in [0.29, 0.717) is 0 Å². The van der Waals surface area contributed by atoms with Crippen molar-refractivity contribution in [2.45, 2.75) is 77.9 Å². The van der Waals surface area contributed by atoms with Crippen molar-refractivity contribution in [3.05, 3.63) is 24.0 Å². The summed E-state index contributed by atoms with van der Waals surface area (Å²) in [6, 6.07) is 2.19. The molecule has 0 fully saturated rings. The van der Waals surface area contributed by atoms with Crippen molar-refractivity contribution >= 4 is 0 Å². The van der Waals surface area contributed by atoms with Crippen molar-refractivity contribution in [1.29, 1.82) is 0 Å². The summed E-state index contributed by atoms with van der Waals surface area (Å²) in [5.41, 5.74) is 4.01. The fourth-order valence-corrected chi connectivity index (χ4v) is 2.44. The van der Waals surface area contributed by atoms with Crippen LogP contribution in [0.4, 0.5) is 0 Å². The van der Waals surface area contributed by atoms with Gasteiger partial charge in [-0.25, -0.2) is 0 Å². The van der Waals surface area contributed by atoms with Gasteiger partial charge in [-0.1, -0.05) is 45.4 Å². The Labute approximate surface area is 129 Å². The molecule has 3 N–H and O–H groups in total. The molecule has 0 saturated carbocycles. The maximum Gasteiger partial charge on any atom is 0.138 e. The molecule has 0 aliphatic rings. The van der Waals surface area contributed by atoms with E-state index < -0.39 is 0 Å². The molecule has 0 bridgehead atoms. The van der Waals surface area contributed by atoms with Gasteiger partial charge in [0.1, 0.15) is 5.75 Å². The third-order valence-corrected chi connectivity index (χ3v) is 3.56. The van der Waals surface area contributed by atoms with Crippen LogP contribution in [0.25, 0.3) is 0 Å². The molecule has 0 spiro atoms. The smallest absolute Gasteiger partial charge is 0.138 e. The number of nitrogens with two attached hydrogens (primary N) is 1. The lowest BCUT2D eigenvalue weighted by molar-refractivity contribution is 0.241. The average molecular weight is 293 g/mol. The number of ether oxygens (including phenoxy) is 1. The third-order valence-electron chi connectivity index (χ3n) is 3.56. The number of unbranched alkanes of at least 4 members (excludes halogenated alkanes) is 5. The zero-order valence-corrected chi connectivity index (χ0v) is 13.8. The summed E-state index contributed by atoms with van der Waals surface area (Å²) >= 11 is 0. The first-order valence-corrected chi connectivity index (χ1v) is 8.25. The summed E-state index contributed by atoms with van der Waals surface area (Å²) in [5, 5.41) is 0. The number of nitrogens with zero attached hydrogens (tertiary/aromatic N) is 1. The van der Waals surface area contributed by atoms with Crippen LogP contribution in [0.1, 0.15) is 77.3 Å². The quantitative estimate of drug-likeness (QED) is 0.366. The van der Waals surface area contributed by atoms with Crippen LogP contribution in [-0.2, 0) is 0 Å². The Bertz CT molecular complexity index is 382. The maximum absolute atomic E-state index is 5.70. The number of nitrogens with one attached hydrogen (secondary N) is 1. The normalized spacial score (nSPS) is 12.6. The van der Waals surface area contributed by atoms with Crippen LogP contribution >= 0.6 is 0 Å². The van der Waals surface area contributed by atoms with E-state index in [-0.39, 0.29) is 12.1 Å². The number of pyridine rings is 1. The lowest BCUT2D eigenvalue weighted by atomic mass is 10.0. The zero-order valence-electron chi connectivity index (χ0n) is 13.8. The molecule has 0 saturated heterocycles. The molecule has 1 aromatic heterocycles. The number of hydrogen-bond acceptors (Lipinski definition) is 4. The van der Waals surface area contributed by atoms with E-state index in [2.05, 4.69) is 17.3 Å². The molecular formula is C17H31N3O. The molecule has 1 atom stereocenters. The molecule has 1 heterocycles. The van der Waals surface area contributed by atoms with Gasteiger partial charge < -0.3 is 4.74 Å². The minimum Gasteiger partial charge on any atom is -0.489 e. The molecule has 120 valence electrons. The highest BCUT2D eigenvalue weighted by Gasteiger charge is 2.11. The number of rotatable bonds is 11. The number of hydrazine groups is 1. The molecule has 1 aromatic rings. The second-order valence-corrected chi connectivity index (χ2v) is 5.90. The Morgan fingerprint density at radius 3 is 2.52 bits per heavy atom. The number of aromatic nitrogens is 1. The molecule has 1 rings (SSSR count). The van der Waals surface area contributed by atoms with Gasteiger partial charge in [0.05, 0.1) is 12.3 Å². The van der Waals surface area contributed by atoms with Crippen molar-refractivity contribution in [3.8, 4) is 5.75 Å². The second-order valence-electron chi connectivity index (χ2n) is 5.90. The van der Waals surface area contributed by atoms with Crippen LogP contribution in [0.15, 0.2) is 18.5 Å². The van der Waals surface area contributed by atoms with Crippen LogP contribution in [0, 0.1) is 0 Å². The summed E-state index contributed by atoms with van der Waals surface area (Å²) in [4.78, 5) is 4.25. The predicted molar refractivity (Wildman–Crippen MR) is 88.1 cm³/mol. The molecule has 0 aliphatic carbocycles. The van der Waals surface area contributed by atoms with Crippen LogP contribution in [0.2, 0.25) is 0 Å². The zero-order chi connectivity index (χ0) is 15.5. The molecule has 21 heavy (non-hydrogen) atoms. The predicted octanol–water partition coefficient (Wildman–Crippen LogP) is 4.12. The van der Waals surface area contributed by atoms with Gasteiger partial charge in [-0.3, -0.25) is 16.3 Å². The van der Waals surface area contributed by atoms with E-state index in [9.17, 15) is 0 Å².